The lowest BCUT2D eigenvalue weighted by atomic mass is 9.88. The molecule has 114 valence electrons. The summed E-state index contributed by atoms with van der Waals surface area (Å²) >= 11 is 0. The average Bonchev–Trinajstić information content (AvgIpc) is 2.84. The molecule has 2 unspecified atom stereocenters. The van der Waals surface area contributed by atoms with Gasteiger partial charge >= 0.3 is 0 Å². The molecule has 20 heavy (non-hydrogen) atoms. The molecule has 6 nitrogen and oxygen atoms in total. The van der Waals surface area contributed by atoms with E-state index in [0.717, 1.165) is 13.2 Å². The third-order valence-electron chi connectivity index (χ3n) is 3.26. The number of nitrogens with zero attached hydrogens (tertiary/aromatic N) is 2. The number of rotatable bonds is 5. The fourth-order valence-corrected chi connectivity index (χ4v) is 2.30. The lowest BCUT2D eigenvalue weighted by Gasteiger charge is -2.27. The summed E-state index contributed by atoms with van der Waals surface area (Å²) in [6.07, 6.45) is 0.538. The van der Waals surface area contributed by atoms with Gasteiger partial charge in [0.25, 0.3) is 0 Å². The number of morpholine rings is 1. The van der Waals surface area contributed by atoms with Crippen molar-refractivity contribution >= 4 is 0 Å². The minimum atomic E-state index is -0.152. The first kappa shape index (κ1) is 15.4. The predicted molar refractivity (Wildman–Crippen MR) is 74.4 cm³/mol. The minimum Gasteiger partial charge on any atom is -0.378 e. The molecule has 2 atom stereocenters. The summed E-state index contributed by atoms with van der Waals surface area (Å²) < 4.78 is 16.5. The largest absolute Gasteiger partial charge is 0.378 e. The van der Waals surface area contributed by atoms with Gasteiger partial charge in [0.05, 0.1) is 13.2 Å². The van der Waals surface area contributed by atoms with Gasteiger partial charge in [-0.25, -0.2) is 0 Å². The molecule has 0 amide bonds. The Balaban J connectivity index is 2.02. The molecule has 6 heteroatoms. The molecule has 1 fully saturated rings. The summed E-state index contributed by atoms with van der Waals surface area (Å²) in [6, 6.07) is 0.247. The molecule has 1 aliphatic rings. The van der Waals surface area contributed by atoms with Crippen molar-refractivity contribution in [3.05, 3.63) is 11.7 Å². The van der Waals surface area contributed by atoms with E-state index in [1.807, 2.05) is 6.92 Å². The van der Waals surface area contributed by atoms with E-state index in [-0.39, 0.29) is 17.6 Å². The van der Waals surface area contributed by atoms with Gasteiger partial charge in [0.1, 0.15) is 6.10 Å². The Hall–Kier alpha value is -0.980. The summed E-state index contributed by atoms with van der Waals surface area (Å²) in [4.78, 5) is 4.49. The molecule has 0 aromatic carbocycles. The van der Waals surface area contributed by atoms with Crippen molar-refractivity contribution < 1.29 is 14.0 Å². The zero-order chi connectivity index (χ0) is 14.6. The summed E-state index contributed by atoms with van der Waals surface area (Å²) in [6.45, 7) is 11.3. The highest BCUT2D eigenvalue weighted by Crippen LogP contribution is 2.34. The molecular weight excluding hydrogens is 258 g/mol. The van der Waals surface area contributed by atoms with Crippen LogP contribution in [0.4, 0.5) is 0 Å². The van der Waals surface area contributed by atoms with Crippen molar-refractivity contribution in [2.45, 2.75) is 46.3 Å². The van der Waals surface area contributed by atoms with Crippen LogP contribution in [0.2, 0.25) is 0 Å². The summed E-state index contributed by atoms with van der Waals surface area (Å²) in [5.41, 5.74) is -0.0661. The number of nitrogens with one attached hydrogen (secondary N) is 1. The van der Waals surface area contributed by atoms with Gasteiger partial charge in [-0.05, 0) is 12.3 Å². The number of ether oxygens (including phenoxy) is 2. The van der Waals surface area contributed by atoms with Crippen molar-refractivity contribution in [1.29, 1.82) is 0 Å². The van der Waals surface area contributed by atoms with Gasteiger partial charge in [0.2, 0.25) is 11.7 Å². The van der Waals surface area contributed by atoms with Gasteiger partial charge in [-0.15, -0.1) is 0 Å². The lowest BCUT2D eigenvalue weighted by Crippen LogP contribution is -2.42. The van der Waals surface area contributed by atoms with Crippen LogP contribution >= 0.6 is 0 Å². The van der Waals surface area contributed by atoms with Crippen molar-refractivity contribution in [3.8, 4) is 0 Å². The van der Waals surface area contributed by atoms with Crippen LogP contribution in [0.25, 0.3) is 0 Å². The molecule has 1 aromatic rings. The highest BCUT2D eigenvalue weighted by atomic mass is 16.5. The van der Waals surface area contributed by atoms with Crippen LogP contribution in [0.3, 0.4) is 0 Å². The highest BCUT2D eigenvalue weighted by molar-refractivity contribution is 4.98. The third kappa shape index (κ3) is 4.01. The van der Waals surface area contributed by atoms with E-state index in [1.54, 1.807) is 0 Å². The summed E-state index contributed by atoms with van der Waals surface area (Å²) in [5, 5.41) is 7.46. The number of hydrogen-bond donors (Lipinski definition) is 1. The molecule has 1 aromatic heterocycles. The van der Waals surface area contributed by atoms with E-state index in [4.69, 9.17) is 14.0 Å². The SMILES string of the molecule is CCOC(c1noc(CC2COCCN2)n1)C(C)(C)C. The van der Waals surface area contributed by atoms with Gasteiger partial charge < -0.3 is 19.3 Å². The zero-order valence-electron chi connectivity index (χ0n) is 12.8. The maximum absolute atomic E-state index is 5.77. The number of aromatic nitrogens is 2. The Kier molecular flexibility index (Phi) is 5.12. The lowest BCUT2D eigenvalue weighted by molar-refractivity contribution is -0.0203. The molecule has 2 heterocycles. The molecule has 0 spiro atoms. The second kappa shape index (κ2) is 6.65. The van der Waals surface area contributed by atoms with Crippen LogP contribution in [-0.4, -0.2) is 42.5 Å². The van der Waals surface area contributed by atoms with E-state index >= 15 is 0 Å². The Labute approximate surface area is 120 Å². The summed E-state index contributed by atoms with van der Waals surface area (Å²) in [5.74, 6) is 1.27. The van der Waals surface area contributed by atoms with Crippen molar-refractivity contribution in [2.75, 3.05) is 26.4 Å². The maximum Gasteiger partial charge on any atom is 0.228 e. The Morgan fingerprint density at radius 1 is 1.45 bits per heavy atom. The van der Waals surface area contributed by atoms with Gasteiger partial charge in [-0.3, -0.25) is 0 Å². The van der Waals surface area contributed by atoms with Crippen molar-refractivity contribution in [1.82, 2.24) is 15.5 Å². The first-order valence-electron chi connectivity index (χ1n) is 7.26. The van der Waals surface area contributed by atoms with Gasteiger partial charge in [0, 0.05) is 25.6 Å². The van der Waals surface area contributed by atoms with Crippen LogP contribution in [0, 0.1) is 5.41 Å². The van der Waals surface area contributed by atoms with Crippen LogP contribution < -0.4 is 5.32 Å². The normalized spacial score (nSPS) is 21.9. The first-order chi connectivity index (χ1) is 9.50. The molecule has 1 aliphatic heterocycles. The van der Waals surface area contributed by atoms with Crippen LogP contribution in [-0.2, 0) is 15.9 Å². The van der Waals surface area contributed by atoms with E-state index in [1.165, 1.54) is 0 Å². The molecule has 0 bridgehead atoms. The van der Waals surface area contributed by atoms with Crippen LogP contribution in [0.5, 0.6) is 0 Å². The topological polar surface area (TPSA) is 69.4 Å². The Bertz CT molecular complexity index is 408. The molecule has 1 saturated heterocycles. The molecule has 0 saturated carbocycles. The highest BCUT2D eigenvalue weighted by Gasteiger charge is 2.31. The smallest absolute Gasteiger partial charge is 0.228 e. The second-order valence-corrected chi connectivity index (χ2v) is 6.18. The van der Waals surface area contributed by atoms with E-state index < -0.39 is 0 Å². The predicted octanol–water partition coefficient (Wildman–Crippen LogP) is 1.72. The second-order valence-electron chi connectivity index (χ2n) is 6.18. The van der Waals surface area contributed by atoms with Gasteiger partial charge in [-0.2, -0.15) is 4.98 Å². The third-order valence-corrected chi connectivity index (χ3v) is 3.26. The molecular formula is C14H25N3O3. The van der Waals surface area contributed by atoms with Crippen LogP contribution in [0.1, 0.15) is 45.5 Å². The molecule has 0 radical (unpaired) electrons. The maximum atomic E-state index is 5.77. The van der Waals surface area contributed by atoms with E-state index in [2.05, 4.69) is 36.2 Å². The van der Waals surface area contributed by atoms with E-state index in [0.29, 0.717) is 31.3 Å². The van der Waals surface area contributed by atoms with Crippen LogP contribution in [0.15, 0.2) is 4.52 Å². The Morgan fingerprint density at radius 3 is 2.85 bits per heavy atom. The molecule has 0 aliphatic carbocycles. The van der Waals surface area contributed by atoms with Gasteiger partial charge in [0.15, 0.2) is 0 Å². The zero-order valence-corrected chi connectivity index (χ0v) is 12.8. The van der Waals surface area contributed by atoms with Gasteiger partial charge in [-0.1, -0.05) is 25.9 Å². The van der Waals surface area contributed by atoms with Crippen molar-refractivity contribution in [2.24, 2.45) is 5.41 Å². The van der Waals surface area contributed by atoms with E-state index in [9.17, 15) is 0 Å². The first-order valence-corrected chi connectivity index (χ1v) is 7.26. The Morgan fingerprint density at radius 2 is 2.25 bits per heavy atom. The molecule has 1 N–H and O–H groups in total. The molecule has 2 rings (SSSR count). The average molecular weight is 283 g/mol. The fourth-order valence-electron chi connectivity index (χ4n) is 2.30. The monoisotopic (exact) mass is 283 g/mol. The minimum absolute atomic E-state index is 0.0661. The quantitative estimate of drug-likeness (QED) is 0.887. The summed E-state index contributed by atoms with van der Waals surface area (Å²) in [7, 11) is 0. The fraction of sp³-hybridized carbons (Fsp3) is 0.857. The number of hydrogen-bond acceptors (Lipinski definition) is 6. The van der Waals surface area contributed by atoms with Crippen molar-refractivity contribution in [3.63, 3.8) is 0 Å². The standard InChI is InChI=1S/C14H25N3O3/c1-5-19-12(14(2,3)4)13-16-11(20-17-13)8-10-9-18-7-6-15-10/h10,12,15H,5-9H2,1-4H3.